The minimum Gasteiger partial charge on any atom is -0.390 e. The number of fused-ring (bicyclic) bond motifs is 1. The van der Waals surface area contributed by atoms with Crippen LogP contribution in [0, 0.1) is 0 Å². The van der Waals surface area contributed by atoms with Crippen LogP contribution in [0.15, 0.2) is 28.0 Å². The summed E-state index contributed by atoms with van der Waals surface area (Å²) in [6, 6.07) is 4.77. The van der Waals surface area contributed by atoms with Crippen molar-refractivity contribution in [2.75, 3.05) is 0 Å². The Balaban J connectivity index is 2.50. The normalized spacial score (nSPS) is 17.8. The van der Waals surface area contributed by atoms with Crippen LogP contribution in [0.5, 0.6) is 0 Å². The van der Waals surface area contributed by atoms with E-state index in [4.69, 9.17) is 11.6 Å². The van der Waals surface area contributed by atoms with Gasteiger partial charge in [-0.25, -0.2) is 8.42 Å². The Morgan fingerprint density at radius 1 is 1.35 bits per heavy atom. The first-order chi connectivity index (χ1) is 7.70. The zero-order chi connectivity index (χ0) is 12.8. The maximum atomic E-state index is 12.2. The summed E-state index contributed by atoms with van der Waals surface area (Å²) in [5.74, 6) is 0. The highest BCUT2D eigenvalue weighted by Crippen LogP contribution is 2.37. The lowest BCUT2D eigenvalue weighted by molar-refractivity contribution is 0.0829. The SMILES string of the molecule is CC(C)(O)CC1=Cc2ccc(Cl)cc2S1(=O)=O. The zero-order valence-electron chi connectivity index (χ0n) is 9.57. The van der Waals surface area contributed by atoms with E-state index in [1.54, 1.807) is 32.1 Å². The highest BCUT2D eigenvalue weighted by Gasteiger charge is 2.32. The lowest BCUT2D eigenvalue weighted by Crippen LogP contribution is -2.21. The third-order valence-electron chi connectivity index (χ3n) is 2.53. The molecule has 0 saturated heterocycles. The van der Waals surface area contributed by atoms with Crippen LogP contribution in [-0.2, 0) is 9.84 Å². The molecule has 5 heteroatoms. The fourth-order valence-corrected chi connectivity index (χ4v) is 3.89. The maximum absolute atomic E-state index is 12.2. The molecule has 0 aromatic heterocycles. The second kappa shape index (κ2) is 3.83. The number of hydrogen-bond donors (Lipinski definition) is 1. The van der Waals surface area contributed by atoms with Crippen LogP contribution in [0.3, 0.4) is 0 Å². The van der Waals surface area contributed by atoms with E-state index < -0.39 is 15.4 Å². The van der Waals surface area contributed by atoms with Gasteiger partial charge in [-0.05, 0) is 37.6 Å². The van der Waals surface area contributed by atoms with Gasteiger partial charge in [0.1, 0.15) is 0 Å². The summed E-state index contributed by atoms with van der Waals surface area (Å²) in [5.41, 5.74) is -0.418. The highest BCUT2D eigenvalue weighted by atomic mass is 35.5. The monoisotopic (exact) mass is 272 g/mol. The Morgan fingerprint density at radius 3 is 2.59 bits per heavy atom. The molecule has 0 aliphatic carbocycles. The molecule has 1 aliphatic rings. The van der Waals surface area contributed by atoms with E-state index in [1.165, 1.54) is 6.07 Å². The van der Waals surface area contributed by atoms with Crippen molar-refractivity contribution in [1.29, 1.82) is 0 Å². The number of hydrogen-bond acceptors (Lipinski definition) is 3. The fraction of sp³-hybridized carbons (Fsp3) is 0.333. The summed E-state index contributed by atoms with van der Waals surface area (Å²) in [7, 11) is -3.49. The standard InChI is InChI=1S/C12H13ClO3S/c1-12(2,14)7-10-5-8-3-4-9(13)6-11(8)17(10,15)16/h3-6,14H,7H2,1-2H3. The van der Waals surface area contributed by atoms with Crippen LogP contribution >= 0.6 is 11.6 Å². The average Bonchev–Trinajstić information content (AvgIpc) is 2.38. The maximum Gasteiger partial charge on any atom is 0.203 e. The van der Waals surface area contributed by atoms with Gasteiger partial charge in [0.05, 0.1) is 15.4 Å². The molecule has 0 unspecified atom stereocenters. The first kappa shape index (κ1) is 12.6. The number of aliphatic hydroxyl groups is 1. The van der Waals surface area contributed by atoms with Gasteiger partial charge in [-0.1, -0.05) is 17.7 Å². The minimum absolute atomic E-state index is 0.0988. The molecule has 92 valence electrons. The third-order valence-corrected chi connectivity index (χ3v) is 4.65. The van der Waals surface area contributed by atoms with Gasteiger partial charge in [-0.2, -0.15) is 0 Å². The van der Waals surface area contributed by atoms with E-state index >= 15 is 0 Å². The van der Waals surface area contributed by atoms with Gasteiger partial charge in [-0.15, -0.1) is 0 Å². The smallest absolute Gasteiger partial charge is 0.203 e. The minimum atomic E-state index is -3.49. The molecule has 17 heavy (non-hydrogen) atoms. The first-order valence-corrected chi connectivity index (χ1v) is 7.04. The van der Waals surface area contributed by atoms with E-state index in [2.05, 4.69) is 0 Å². The van der Waals surface area contributed by atoms with Gasteiger partial charge in [0.25, 0.3) is 0 Å². The van der Waals surface area contributed by atoms with Crippen molar-refractivity contribution in [3.63, 3.8) is 0 Å². The van der Waals surface area contributed by atoms with Crippen molar-refractivity contribution >= 4 is 27.5 Å². The highest BCUT2D eigenvalue weighted by molar-refractivity contribution is 7.95. The molecule has 0 atom stereocenters. The van der Waals surface area contributed by atoms with Crippen molar-refractivity contribution in [3.8, 4) is 0 Å². The van der Waals surface area contributed by atoms with Crippen molar-refractivity contribution < 1.29 is 13.5 Å². The van der Waals surface area contributed by atoms with Gasteiger partial charge in [0.2, 0.25) is 9.84 Å². The fourth-order valence-electron chi connectivity index (χ4n) is 1.82. The molecule has 1 aromatic carbocycles. The molecule has 0 saturated carbocycles. The third kappa shape index (κ3) is 2.39. The number of benzene rings is 1. The van der Waals surface area contributed by atoms with E-state index in [-0.39, 0.29) is 16.2 Å². The van der Waals surface area contributed by atoms with Gasteiger partial charge in [-0.3, -0.25) is 0 Å². The molecule has 1 aromatic rings. The molecule has 0 spiro atoms. The molecule has 1 aliphatic heterocycles. The van der Waals surface area contributed by atoms with Crippen LogP contribution in [0.4, 0.5) is 0 Å². The Morgan fingerprint density at radius 2 is 2.00 bits per heavy atom. The van der Waals surface area contributed by atoms with E-state index in [0.717, 1.165) is 0 Å². The molecule has 0 amide bonds. The molecule has 1 heterocycles. The second-order valence-corrected chi connectivity index (χ2v) is 7.19. The van der Waals surface area contributed by atoms with E-state index in [0.29, 0.717) is 10.6 Å². The summed E-state index contributed by atoms with van der Waals surface area (Å²) in [4.78, 5) is 0.464. The lowest BCUT2D eigenvalue weighted by atomic mass is 10.0. The van der Waals surface area contributed by atoms with Gasteiger partial charge < -0.3 is 5.11 Å². The van der Waals surface area contributed by atoms with Crippen molar-refractivity contribution in [3.05, 3.63) is 33.7 Å². The Labute approximate surface area is 106 Å². The number of sulfone groups is 1. The Bertz CT molecular complexity index is 595. The van der Waals surface area contributed by atoms with Crippen LogP contribution in [0.1, 0.15) is 25.8 Å². The molecular weight excluding hydrogens is 260 g/mol. The summed E-state index contributed by atoms with van der Waals surface area (Å²) >= 11 is 5.79. The predicted octanol–water partition coefficient (Wildman–Crippen LogP) is 2.63. The predicted molar refractivity (Wildman–Crippen MR) is 67.5 cm³/mol. The van der Waals surface area contributed by atoms with Gasteiger partial charge >= 0.3 is 0 Å². The van der Waals surface area contributed by atoms with Crippen LogP contribution in [0.2, 0.25) is 5.02 Å². The van der Waals surface area contributed by atoms with Crippen LogP contribution in [0.25, 0.3) is 6.08 Å². The summed E-state index contributed by atoms with van der Waals surface area (Å²) in [6.45, 7) is 3.17. The molecule has 3 nitrogen and oxygen atoms in total. The lowest BCUT2D eigenvalue weighted by Gasteiger charge is -2.17. The van der Waals surface area contributed by atoms with Crippen molar-refractivity contribution in [2.24, 2.45) is 0 Å². The molecule has 0 radical (unpaired) electrons. The molecule has 0 bridgehead atoms. The van der Waals surface area contributed by atoms with Crippen LogP contribution < -0.4 is 0 Å². The Kier molecular flexibility index (Phi) is 2.84. The molecule has 1 N–H and O–H groups in total. The molecular formula is C12H13ClO3S. The summed E-state index contributed by atoms with van der Waals surface area (Å²) in [6.07, 6.45) is 1.70. The van der Waals surface area contributed by atoms with Gasteiger partial charge in [0, 0.05) is 11.4 Å². The largest absolute Gasteiger partial charge is 0.390 e. The number of rotatable bonds is 2. The van der Waals surface area contributed by atoms with Crippen molar-refractivity contribution in [2.45, 2.75) is 30.8 Å². The van der Waals surface area contributed by atoms with Crippen LogP contribution in [-0.4, -0.2) is 19.1 Å². The average molecular weight is 273 g/mol. The quantitative estimate of drug-likeness (QED) is 0.900. The Hall–Kier alpha value is -0.840. The zero-order valence-corrected chi connectivity index (χ0v) is 11.1. The second-order valence-electron chi connectivity index (χ2n) is 4.79. The van der Waals surface area contributed by atoms with E-state index in [1.807, 2.05) is 0 Å². The van der Waals surface area contributed by atoms with Gasteiger partial charge in [0.15, 0.2) is 0 Å². The summed E-state index contributed by atoms with van der Waals surface area (Å²) in [5, 5.41) is 10.1. The topological polar surface area (TPSA) is 54.4 Å². The molecule has 0 fully saturated rings. The summed E-state index contributed by atoms with van der Waals surface area (Å²) < 4.78 is 24.4. The van der Waals surface area contributed by atoms with Crippen molar-refractivity contribution in [1.82, 2.24) is 0 Å². The molecule has 2 rings (SSSR count). The number of halogens is 1. The van der Waals surface area contributed by atoms with E-state index in [9.17, 15) is 13.5 Å². The first-order valence-electron chi connectivity index (χ1n) is 5.18.